The maximum absolute atomic E-state index is 12.1. The van der Waals surface area contributed by atoms with Gasteiger partial charge in [0.25, 0.3) is 5.56 Å². The zero-order chi connectivity index (χ0) is 16.2. The van der Waals surface area contributed by atoms with Crippen LogP contribution in [0.1, 0.15) is 11.4 Å². The van der Waals surface area contributed by atoms with Crippen LogP contribution < -0.4 is 10.3 Å². The predicted octanol–water partition coefficient (Wildman–Crippen LogP) is 3.00. The number of hydrogen-bond acceptors (Lipinski definition) is 4. The van der Waals surface area contributed by atoms with Crippen molar-refractivity contribution in [2.45, 2.75) is 0 Å². The third-order valence-corrected chi connectivity index (χ3v) is 3.39. The Morgan fingerprint density at radius 3 is 2.87 bits per heavy atom. The molecule has 3 rings (SSSR count). The Morgan fingerprint density at radius 1 is 1.26 bits per heavy atom. The molecule has 0 atom stereocenters. The number of hydrogen-bond donors (Lipinski definition) is 1. The average molecular weight is 303 g/mol. The fourth-order valence-electron chi connectivity index (χ4n) is 2.27. The summed E-state index contributed by atoms with van der Waals surface area (Å²) < 4.78 is 5.17. The van der Waals surface area contributed by atoms with Crippen LogP contribution >= 0.6 is 0 Å². The third kappa shape index (κ3) is 2.97. The summed E-state index contributed by atoms with van der Waals surface area (Å²) in [4.78, 5) is 19.2. The first-order chi connectivity index (χ1) is 11.2. The molecular formula is C18H13N3O2. The van der Waals surface area contributed by atoms with E-state index < -0.39 is 0 Å². The van der Waals surface area contributed by atoms with Crippen molar-refractivity contribution < 1.29 is 4.74 Å². The Bertz CT molecular complexity index is 997. The molecule has 0 saturated heterocycles. The number of fused-ring (bicyclic) bond motifs is 1. The Labute approximate surface area is 132 Å². The second kappa shape index (κ2) is 6.16. The first-order valence-corrected chi connectivity index (χ1v) is 6.96. The molecule has 3 aromatic rings. The zero-order valence-corrected chi connectivity index (χ0v) is 12.4. The lowest BCUT2D eigenvalue weighted by Gasteiger charge is -2.03. The van der Waals surface area contributed by atoms with Gasteiger partial charge in [0.1, 0.15) is 11.8 Å². The summed E-state index contributed by atoms with van der Waals surface area (Å²) in [5.74, 6) is 0.940. The van der Waals surface area contributed by atoms with Gasteiger partial charge in [0.05, 0.1) is 23.6 Å². The second-order valence-corrected chi connectivity index (χ2v) is 4.88. The molecule has 0 amide bonds. The Kier molecular flexibility index (Phi) is 3.89. The highest BCUT2D eigenvalue weighted by atomic mass is 16.5. The van der Waals surface area contributed by atoms with Crippen LogP contribution in [0.4, 0.5) is 0 Å². The third-order valence-electron chi connectivity index (χ3n) is 3.39. The van der Waals surface area contributed by atoms with Crippen molar-refractivity contribution in [1.82, 2.24) is 9.97 Å². The molecule has 0 aliphatic rings. The van der Waals surface area contributed by atoms with Gasteiger partial charge in [-0.15, -0.1) is 0 Å². The Morgan fingerprint density at radius 2 is 2.09 bits per heavy atom. The molecule has 5 nitrogen and oxygen atoms in total. The number of para-hydroxylation sites is 1. The number of allylic oxidation sites excluding steroid dienone is 1. The van der Waals surface area contributed by atoms with E-state index in [-0.39, 0.29) is 17.0 Å². The number of nitrogens with one attached hydrogen (secondary N) is 1. The molecule has 0 unspecified atom stereocenters. The first-order valence-electron chi connectivity index (χ1n) is 6.96. The van der Waals surface area contributed by atoms with Crippen LogP contribution in [-0.2, 0) is 0 Å². The van der Waals surface area contributed by atoms with Crippen LogP contribution in [0.15, 0.2) is 53.3 Å². The molecule has 0 aliphatic carbocycles. The van der Waals surface area contributed by atoms with Gasteiger partial charge in [-0.2, -0.15) is 5.26 Å². The van der Waals surface area contributed by atoms with Crippen molar-refractivity contribution in [2.75, 3.05) is 7.11 Å². The second-order valence-electron chi connectivity index (χ2n) is 4.88. The molecule has 2 aromatic carbocycles. The summed E-state index contributed by atoms with van der Waals surface area (Å²) in [6.07, 6.45) is 1.66. The zero-order valence-electron chi connectivity index (χ0n) is 12.4. The number of aromatic nitrogens is 2. The van der Waals surface area contributed by atoms with Crippen molar-refractivity contribution in [1.29, 1.82) is 5.26 Å². The van der Waals surface area contributed by atoms with E-state index in [0.717, 1.165) is 5.56 Å². The minimum Gasteiger partial charge on any atom is -0.497 e. The van der Waals surface area contributed by atoms with E-state index >= 15 is 0 Å². The SMILES string of the molecule is COc1cccc(C=C(C#N)c2nc3ccccc3c(=O)[nH]2)c1. The van der Waals surface area contributed by atoms with Crippen LogP contribution in [0.5, 0.6) is 5.75 Å². The van der Waals surface area contributed by atoms with Gasteiger partial charge in [-0.05, 0) is 35.9 Å². The van der Waals surface area contributed by atoms with Gasteiger partial charge in [0.15, 0.2) is 5.82 Å². The molecule has 23 heavy (non-hydrogen) atoms. The normalized spacial score (nSPS) is 11.2. The van der Waals surface area contributed by atoms with Gasteiger partial charge < -0.3 is 9.72 Å². The summed E-state index contributed by atoms with van der Waals surface area (Å²) in [5, 5.41) is 9.91. The number of nitriles is 1. The average Bonchev–Trinajstić information content (AvgIpc) is 2.60. The lowest BCUT2D eigenvalue weighted by molar-refractivity contribution is 0.414. The predicted molar refractivity (Wildman–Crippen MR) is 88.8 cm³/mol. The molecule has 0 aliphatic heterocycles. The first kappa shape index (κ1) is 14.5. The smallest absolute Gasteiger partial charge is 0.259 e. The number of methoxy groups -OCH3 is 1. The van der Waals surface area contributed by atoms with E-state index in [1.165, 1.54) is 0 Å². The maximum atomic E-state index is 12.1. The van der Waals surface area contributed by atoms with E-state index in [1.54, 1.807) is 43.5 Å². The van der Waals surface area contributed by atoms with Gasteiger partial charge >= 0.3 is 0 Å². The van der Waals surface area contributed by atoms with Crippen LogP contribution in [0.3, 0.4) is 0 Å². The van der Waals surface area contributed by atoms with E-state index in [2.05, 4.69) is 16.0 Å². The summed E-state index contributed by atoms with van der Waals surface area (Å²) in [7, 11) is 1.58. The lowest BCUT2D eigenvalue weighted by atomic mass is 10.1. The largest absolute Gasteiger partial charge is 0.497 e. The van der Waals surface area contributed by atoms with Gasteiger partial charge in [-0.1, -0.05) is 24.3 Å². The maximum Gasteiger partial charge on any atom is 0.259 e. The van der Waals surface area contributed by atoms with Crippen LogP contribution in [0.25, 0.3) is 22.6 Å². The van der Waals surface area contributed by atoms with Gasteiger partial charge in [0, 0.05) is 0 Å². The van der Waals surface area contributed by atoms with Crippen molar-refractivity contribution in [2.24, 2.45) is 0 Å². The fraction of sp³-hybridized carbons (Fsp3) is 0.0556. The van der Waals surface area contributed by atoms with Crippen molar-refractivity contribution in [3.05, 3.63) is 70.3 Å². The molecule has 0 radical (unpaired) electrons. The minimum absolute atomic E-state index is 0.249. The summed E-state index contributed by atoms with van der Waals surface area (Å²) in [6, 6.07) is 16.4. The molecule has 1 aromatic heterocycles. The van der Waals surface area contributed by atoms with Crippen LogP contribution in [-0.4, -0.2) is 17.1 Å². The van der Waals surface area contributed by atoms with Gasteiger partial charge in [-0.3, -0.25) is 4.79 Å². The lowest BCUT2D eigenvalue weighted by Crippen LogP contribution is -2.11. The molecule has 0 fully saturated rings. The molecule has 5 heteroatoms. The fourth-order valence-corrected chi connectivity index (χ4v) is 2.27. The minimum atomic E-state index is -0.266. The molecule has 0 bridgehead atoms. The molecule has 0 saturated carbocycles. The summed E-state index contributed by atoms with van der Waals surface area (Å²) in [5.41, 5.74) is 1.35. The molecule has 1 N–H and O–H groups in total. The number of H-pyrrole nitrogens is 1. The number of nitrogens with zero attached hydrogens (tertiary/aromatic N) is 2. The quantitative estimate of drug-likeness (QED) is 0.754. The highest BCUT2D eigenvalue weighted by Crippen LogP contribution is 2.19. The van der Waals surface area contributed by atoms with E-state index in [0.29, 0.717) is 16.7 Å². The number of aromatic amines is 1. The topological polar surface area (TPSA) is 78.8 Å². The highest BCUT2D eigenvalue weighted by molar-refractivity contribution is 5.89. The Hall–Kier alpha value is -3.39. The van der Waals surface area contributed by atoms with Crippen LogP contribution in [0, 0.1) is 11.3 Å². The number of benzene rings is 2. The van der Waals surface area contributed by atoms with Gasteiger partial charge in [-0.25, -0.2) is 4.98 Å². The van der Waals surface area contributed by atoms with Gasteiger partial charge in [0.2, 0.25) is 0 Å². The summed E-state index contributed by atoms with van der Waals surface area (Å²) >= 11 is 0. The molecule has 1 heterocycles. The number of ether oxygens (including phenoxy) is 1. The van der Waals surface area contributed by atoms with E-state index in [4.69, 9.17) is 4.74 Å². The molecular weight excluding hydrogens is 290 g/mol. The highest BCUT2D eigenvalue weighted by Gasteiger charge is 2.08. The van der Waals surface area contributed by atoms with E-state index in [9.17, 15) is 10.1 Å². The van der Waals surface area contributed by atoms with E-state index in [1.807, 2.05) is 18.2 Å². The van der Waals surface area contributed by atoms with Crippen LogP contribution in [0.2, 0.25) is 0 Å². The van der Waals surface area contributed by atoms with Crippen molar-refractivity contribution >= 4 is 22.6 Å². The molecule has 0 spiro atoms. The van der Waals surface area contributed by atoms with Crippen molar-refractivity contribution in [3.8, 4) is 11.8 Å². The Balaban J connectivity index is 2.12. The number of rotatable bonds is 3. The monoisotopic (exact) mass is 303 g/mol. The standard InChI is InChI=1S/C18H13N3O2/c1-23-14-6-4-5-12(10-14)9-13(11-19)17-20-16-8-3-2-7-15(16)18(22)21-17/h2-10H,1H3,(H,20,21,22). The summed E-state index contributed by atoms with van der Waals surface area (Å²) in [6.45, 7) is 0. The van der Waals surface area contributed by atoms with Crippen molar-refractivity contribution in [3.63, 3.8) is 0 Å². The molecule has 112 valence electrons.